The fraction of sp³-hybridized carbons (Fsp3) is 1.00. The molecule has 6 N–H and O–H groups in total. The summed E-state index contributed by atoms with van der Waals surface area (Å²) in [5.74, 6) is -7.64. The molecule has 0 amide bonds. The normalized spacial score (nSPS) is 13.8. The molecule has 0 radical (unpaired) electrons. The van der Waals surface area contributed by atoms with E-state index in [0.29, 0.717) is 0 Å². The van der Waals surface area contributed by atoms with E-state index >= 15 is 0 Å². The average Bonchev–Trinajstić information content (AvgIpc) is 1.88. The van der Waals surface area contributed by atoms with Crippen LogP contribution in [0.15, 0.2) is 0 Å². The highest BCUT2D eigenvalue weighted by Crippen LogP contribution is 2.17. The van der Waals surface area contributed by atoms with Crippen molar-refractivity contribution in [2.45, 2.75) is 11.9 Å². The second-order valence-electron chi connectivity index (χ2n) is 1.40. The summed E-state index contributed by atoms with van der Waals surface area (Å²) >= 11 is 0. The Morgan fingerprint density at radius 3 is 1.00 bits per heavy atom. The van der Waals surface area contributed by atoms with E-state index < -0.39 is 11.9 Å². The second-order valence-corrected chi connectivity index (χ2v) is 1.40. The minimum absolute atomic E-state index is 2.72. The van der Waals surface area contributed by atoms with Crippen LogP contribution in [0.25, 0.3) is 0 Å². The first-order valence-corrected chi connectivity index (χ1v) is 1.92. The third-order valence-corrected chi connectivity index (χ3v) is 0.679. The smallest absolute Gasteiger partial charge is 0.335 e. The lowest BCUT2D eigenvalue weighted by atomic mass is 10.5. The summed E-state index contributed by atoms with van der Waals surface area (Å²) in [5, 5.41) is 47.7. The van der Waals surface area contributed by atoms with Gasteiger partial charge in [-0.15, -0.1) is 0 Å². The first-order valence-electron chi connectivity index (χ1n) is 1.92. The van der Waals surface area contributed by atoms with Crippen molar-refractivity contribution in [2.75, 3.05) is 0 Å². The Bertz CT molecular complexity index is 91.8. The second kappa shape index (κ2) is 2.74. The third-order valence-electron chi connectivity index (χ3n) is 0.679. The molecule has 8 heteroatoms. The highest BCUT2D eigenvalue weighted by molar-refractivity contribution is 4.58. The van der Waals surface area contributed by atoms with E-state index in [1.54, 1.807) is 0 Å². The van der Waals surface area contributed by atoms with Crippen LogP contribution in [0.2, 0.25) is 0 Å². The van der Waals surface area contributed by atoms with E-state index in [2.05, 4.69) is 9.78 Å². The van der Waals surface area contributed by atoms with Crippen LogP contribution in [0.3, 0.4) is 0 Å². The van der Waals surface area contributed by atoms with Gasteiger partial charge in [0.1, 0.15) is 0 Å². The van der Waals surface area contributed by atoms with Crippen molar-refractivity contribution in [3.05, 3.63) is 0 Å². The maximum atomic E-state index is 8.15. The van der Waals surface area contributed by atoms with Gasteiger partial charge in [-0.1, -0.05) is 0 Å². The zero-order valence-corrected chi connectivity index (χ0v) is 4.50. The van der Waals surface area contributed by atoms with Gasteiger partial charge in [0.05, 0.1) is 0 Å². The van der Waals surface area contributed by atoms with Gasteiger partial charge in [-0.25, -0.2) is 10.5 Å². The Labute approximate surface area is 54.0 Å². The van der Waals surface area contributed by atoms with Crippen LogP contribution in [0.4, 0.5) is 0 Å². The predicted molar refractivity (Wildman–Crippen MR) is 21.8 cm³/mol. The van der Waals surface area contributed by atoms with Crippen LogP contribution in [0.1, 0.15) is 0 Å². The van der Waals surface area contributed by atoms with E-state index in [9.17, 15) is 0 Å². The molecule has 0 spiro atoms. The predicted octanol–water partition coefficient (Wildman–Crippen LogP) is -2.76. The molecule has 0 bridgehead atoms. The Hall–Kier alpha value is -0.320. The Kier molecular flexibility index (Phi) is 2.65. The molecular formula is C2H6O8. The van der Waals surface area contributed by atoms with Crippen molar-refractivity contribution in [1.82, 2.24) is 0 Å². The maximum Gasteiger partial charge on any atom is 0.393 e. The van der Waals surface area contributed by atoms with Crippen molar-refractivity contribution in [3.63, 3.8) is 0 Å². The third kappa shape index (κ3) is 1.59. The molecule has 0 atom stereocenters. The number of rotatable bonds is 3. The van der Waals surface area contributed by atoms with Gasteiger partial charge in [-0.2, -0.15) is 9.78 Å². The molecule has 0 aromatic carbocycles. The van der Waals surface area contributed by atoms with Gasteiger partial charge >= 0.3 is 11.9 Å². The minimum atomic E-state index is -3.82. The Morgan fingerprint density at radius 2 is 0.900 bits per heavy atom. The standard InChI is InChI=1S/C2H6O8/c3-1(4,9-7)2(5,6)10-8/h3-8H. The van der Waals surface area contributed by atoms with Crippen molar-refractivity contribution >= 4 is 0 Å². The van der Waals surface area contributed by atoms with Gasteiger partial charge in [-0.3, -0.25) is 0 Å². The van der Waals surface area contributed by atoms with E-state index in [1.165, 1.54) is 0 Å². The van der Waals surface area contributed by atoms with E-state index in [1.807, 2.05) is 0 Å². The molecule has 0 rings (SSSR count). The molecular weight excluding hydrogens is 152 g/mol. The minimum Gasteiger partial charge on any atom is -0.335 e. The largest absolute Gasteiger partial charge is 0.393 e. The van der Waals surface area contributed by atoms with Crippen LogP contribution >= 0.6 is 0 Å². The van der Waals surface area contributed by atoms with Gasteiger partial charge in [0.2, 0.25) is 0 Å². The van der Waals surface area contributed by atoms with Crippen molar-refractivity contribution in [1.29, 1.82) is 0 Å². The molecule has 0 heterocycles. The van der Waals surface area contributed by atoms with E-state index in [0.717, 1.165) is 0 Å². The van der Waals surface area contributed by atoms with E-state index in [4.69, 9.17) is 30.9 Å². The van der Waals surface area contributed by atoms with Gasteiger partial charge < -0.3 is 20.4 Å². The maximum absolute atomic E-state index is 8.15. The van der Waals surface area contributed by atoms with Crippen molar-refractivity contribution in [2.24, 2.45) is 0 Å². The Morgan fingerprint density at radius 1 is 0.700 bits per heavy atom. The first kappa shape index (κ1) is 9.68. The van der Waals surface area contributed by atoms with Crippen LogP contribution in [-0.4, -0.2) is 42.9 Å². The van der Waals surface area contributed by atoms with Crippen LogP contribution in [0.5, 0.6) is 0 Å². The highest BCUT2D eigenvalue weighted by atomic mass is 17.2. The van der Waals surface area contributed by atoms with Gasteiger partial charge in [0, 0.05) is 0 Å². The number of hydrogen-bond donors (Lipinski definition) is 6. The summed E-state index contributed by atoms with van der Waals surface area (Å²) in [4.78, 5) is 5.44. The lowest BCUT2D eigenvalue weighted by Crippen LogP contribution is -2.57. The van der Waals surface area contributed by atoms with E-state index in [-0.39, 0.29) is 0 Å². The molecule has 10 heavy (non-hydrogen) atoms. The zero-order chi connectivity index (χ0) is 8.41. The van der Waals surface area contributed by atoms with Crippen LogP contribution < -0.4 is 0 Å². The van der Waals surface area contributed by atoms with Crippen LogP contribution in [-0.2, 0) is 9.78 Å². The van der Waals surface area contributed by atoms with Gasteiger partial charge in [0.25, 0.3) is 0 Å². The van der Waals surface area contributed by atoms with Crippen molar-refractivity contribution < 1.29 is 40.7 Å². The summed E-state index contributed by atoms with van der Waals surface area (Å²) in [6, 6.07) is 0. The molecule has 0 saturated heterocycles. The molecule has 0 aliphatic rings. The molecule has 62 valence electrons. The molecule has 0 aliphatic carbocycles. The van der Waals surface area contributed by atoms with Gasteiger partial charge in [0.15, 0.2) is 0 Å². The molecule has 0 saturated carbocycles. The highest BCUT2D eigenvalue weighted by Gasteiger charge is 2.53. The molecule has 0 fully saturated rings. The molecule has 0 unspecified atom stereocenters. The fourth-order valence-electron chi connectivity index (χ4n) is 0.119. The summed E-state index contributed by atoms with van der Waals surface area (Å²) in [6.07, 6.45) is 0. The molecule has 0 aromatic rings. The lowest BCUT2D eigenvalue weighted by Gasteiger charge is -2.26. The molecule has 0 aromatic heterocycles. The summed E-state index contributed by atoms with van der Waals surface area (Å²) in [6.45, 7) is 0. The quantitative estimate of drug-likeness (QED) is 0.147. The first-order chi connectivity index (χ1) is 4.37. The van der Waals surface area contributed by atoms with Crippen molar-refractivity contribution in [3.8, 4) is 0 Å². The summed E-state index contributed by atoms with van der Waals surface area (Å²) < 4.78 is 0. The van der Waals surface area contributed by atoms with Crippen LogP contribution in [0, 0.1) is 0 Å². The zero-order valence-electron chi connectivity index (χ0n) is 4.50. The molecule has 0 aliphatic heterocycles. The monoisotopic (exact) mass is 158 g/mol. The summed E-state index contributed by atoms with van der Waals surface area (Å²) in [5.41, 5.74) is 0. The fourth-order valence-corrected chi connectivity index (χ4v) is 0.119. The average molecular weight is 158 g/mol. The van der Waals surface area contributed by atoms with Gasteiger partial charge in [-0.05, 0) is 0 Å². The summed E-state index contributed by atoms with van der Waals surface area (Å²) in [7, 11) is 0. The number of hydrogen-bond acceptors (Lipinski definition) is 8. The SMILES string of the molecule is OOC(O)(O)C(O)(O)OO. The number of aliphatic hydroxyl groups is 4. The lowest BCUT2D eigenvalue weighted by molar-refractivity contribution is -0.625. The topological polar surface area (TPSA) is 140 Å². The Balaban J connectivity index is 4.28. The molecule has 8 nitrogen and oxygen atoms in total.